The molecular formula is C32H25F. The van der Waals surface area contributed by atoms with Crippen LogP contribution < -0.4 is 0 Å². The summed E-state index contributed by atoms with van der Waals surface area (Å²) < 4.78 is 15.1. The first-order valence-corrected chi connectivity index (χ1v) is 11.2. The minimum atomic E-state index is -0.294. The van der Waals surface area contributed by atoms with Crippen molar-refractivity contribution >= 4 is 10.8 Å². The van der Waals surface area contributed by atoms with Gasteiger partial charge in [0.2, 0.25) is 0 Å². The first kappa shape index (κ1) is 22.1. The highest BCUT2D eigenvalue weighted by molar-refractivity contribution is 5.86. The lowest BCUT2D eigenvalue weighted by molar-refractivity contribution is 0.636. The molecule has 0 bridgehead atoms. The molecule has 1 heteroatoms. The van der Waals surface area contributed by atoms with E-state index in [1.165, 1.54) is 11.1 Å². The normalized spacial score (nSPS) is 10.1. The van der Waals surface area contributed by atoms with Gasteiger partial charge in [-0.1, -0.05) is 73.1 Å². The van der Waals surface area contributed by atoms with Crippen molar-refractivity contribution in [3.8, 4) is 23.7 Å². The van der Waals surface area contributed by atoms with Crippen LogP contribution in [0.1, 0.15) is 46.7 Å². The van der Waals surface area contributed by atoms with Gasteiger partial charge in [-0.25, -0.2) is 4.39 Å². The Morgan fingerprint density at radius 1 is 0.727 bits per heavy atom. The highest BCUT2D eigenvalue weighted by Gasteiger charge is 2.06. The van der Waals surface area contributed by atoms with E-state index in [9.17, 15) is 0 Å². The Labute approximate surface area is 195 Å². The third kappa shape index (κ3) is 5.60. The molecule has 0 N–H and O–H groups in total. The van der Waals surface area contributed by atoms with E-state index >= 15 is 4.39 Å². The molecule has 0 heterocycles. The molecule has 0 aliphatic carbocycles. The number of fused-ring (bicyclic) bond motifs is 1. The molecule has 0 amide bonds. The van der Waals surface area contributed by atoms with Crippen molar-refractivity contribution in [3.63, 3.8) is 0 Å². The van der Waals surface area contributed by atoms with Crippen molar-refractivity contribution in [2.45, 2.75) is 26.2 Å². The third-order valence-electron chi connectivity index (χ3n) is 5.60. The monoisotopic (exact) mass is 428 g/mol. The largest absolute Gasteiger partial charge is 0.205 e. The molecular weight excluding hydrogens is 403 g/mol. The molecule has 0 saturated heterocycles. The van der Waals surface area contributed by atoms with E-state index in [0.29, 0.717) is 10.9 Å². The van der Waals surface area contributed by atoms with Gasteiger partial charge >= 0.3 is 0 Å². The molecule has 160 valence electrons. The smallest absolute Gasteiger partial charge is 0.146 e. The molecule has 0 nitrogen and oxygen atoms in total. The van der Waals surface area contributed by atoms with Gasteiger partial charge < -0.3 is 0 Å². The molecule has 0 aromatic heterocycles. The number of halogens is 1. The van der Waals surface area contributed by atoms with Crippen molar-refractivity contribution in [2.75, 3.05) is 0 Å². The lowest BCUT2D eigenvalue weighted by Gasteiger charge is -2.03. The Balaban J connectivity index is 1.54. The van der Waals surface area contributed by atoms with Gasteiger partial charge in [-0.05, 0) is 78.2 Å². The summed E-state index contributed by atoms with van der Waals surface area (Å²) in [4.78, 5) is 0. The number of benzene rings is 4. The second kappa shape index (κ2) is 10.5. The fourth-order valence-corrected chi connectivity index (χ4v) is 3.60. The number of aryl methyl sites for hydroxylation is 2. The van der Waals surface area contributed by atoms with Crippen LogP contribution in [0.4, 0.5) is 4.39 Å². The van der Waals surface area contributed by atoms with E-state index in [2.05, 4.69) is 61.4 Å². The Morgan fingerprint density at radius 3 is 2.00 bits per heavy atom. The van der Waals surface area contributed by atoms with Crippen molar-refractivity contribution in [1.29, 1.82) is 0 Å². The van der Waals surface area contributed by atoms with E-state index in [1.54, 1.807) is 12.1 Å². The SMILES string of the molecule is C=CCCc1ccc(C#Cc2ccc3cc(C#Cc4ccc(CC)cc4)ccc3c2F)cc1. The fraction of sp³-hybridized carbons (Fsp3) is 0.125. The molecule has 0 saturated carbocycles. The molecule has 0 aliphatic heterocycles. The van der Waals surface area contributed by atoms with Crippen LogP contribution in [0.15, 0.2) is 91.5 Å². The van der Waals surface area contributed by atoms with Gasteiger partial charge in [-0.3, -0.25) is 0 Å². The summed E-state index contributed by atoms with van der Waals surface area (Å²) in [6.45, 7) is 5.89. The minimum absolute atomic E-state index is 0.294. The second-order valence-electron chi connectivity index (χ2n) is 7.94. The molecule has 33 heavy (non-hydrogen) atoms. The van der Waals surface area contributed by atoms with Crippen LogP contribution in [0.3, 0.4) is 0 Å². The maximum Gasteiger partial charge on any atom is 0.146 e. The second-order valence-corrected chi connectivity index (χ2v) is 7.94. The maximum absolute atomic E-state index is 15.1. The number of hydrogen-bond donors (Lipinski definition) is 0. The first-order chi connectivity index (χ1) is 16.2. The molecule has 4 rings (SSSR count). The van der Waals surface area contributed by atoms with Crippen molar-refractivity contribution in [1.82, 2.24) is 0 Å². The van der Waals surface area contributed by atoms with Gasteiger partial charge in [-0.15, -0.1) is 6.58 Å². The number of rotatable bonds is 4. The highest BCUT2D eigenvalue weighted by atomic mass is 19.1. The summed E-state index contributed by atoms with van der Waals surface area (Å²) in [6.07, 6.45) is 4.84. The lowest BCUT2D eigenvalue weighted by Crippen LogP contribution is -1.88. The Bertz CT molecular complexity index is 1400. The molecule has 4 aromatic rings. The zero-order valence-corrected chi connectivity index (χ0v) is 18.8. The summed E-state index contributed by atoms with van der Waals surface area (Å²) in [5, 5.41) is 1.37. The first-order valence-electron chi connectivity index (χ1n) is 11.2. The minimum Gasteiger partial charge on any atom is -0.205 e. The molecule has 4 aromatic carbocycles. The molecule has 0 spiro atoms. The van der Waals surface area contributed by atoms with E-state index in [-0.39, 0.29) is 5.82 Å². The van der Waals surface area contributed by atoms with Gasteiger partial charge in [0.1, 0.15) is 5.82 Å². The molecule has 0 unspecified atom stereocenters. The highest BCUT2D eigenvalue weighted by Crippen LogP contribution is 2.22. The van der Waals surface area contributed by atoms with Gasteiger partial charge in [0.15, 0.2) is 0 Å². The Hall–Kier alpha value is -4.07. The average Bonchev–Trinajstić information content (AvgIpc) is 2.86. The average molecular weight is 429 g/mol. The van der Waals surface area contributed by atoms with Crippen LogP contribution in [-0.2, 0) is 12.8 Å². The van der Waals surface area contributed by atoms with Gasteiger partial charge in [0.25, 0.3) is 0 Å². The van der Waals surface area contributed by atoms with Crippen LogP contribution in [0.2, 0.25) is 0 Å². The molecule has 0 radical (unpaired) electrons. The standard InChI is InChI=1S/C32H25F/c1-3-5-6-25-11-13-27(14-12-25)17-19-29-20-21-30-23-28(18-22-31(30)32(29)33)16-15-26-9-7-24(4-2)8-10-26/h3,7-14,18,20-23H,1,4-6H2,2H3. The van der Waals surface area contributed by atoms with Crippen LogP contribution in [0.25, 0.3) is 10.8 Å². The van der Waals surface area contributed by atoms with Gasteiger partial charge in [-0.2, -0.15) is 0 Å². The van der Waals surface area contributed by atoms with E-state index < -0.39 is 0 Å². The zero-order valence-electron chi connectivity index (χ0n) is 18.8. The quantitative estimate of drug-likeness (QED) is 0.234. The summed E-state index contributed by atoms with van der Waals surface area (Å²) in [6, 6.07) is 25.5. The van der Waals surface area contributed by atoms with Crippen LogP contribution in [-0.4, -0.2) is 0 Å². The van der Waals surface area contributed by atoms with Crippen LogP contribution in [0.5, 0.6) is 0 Å². The van der Waals surface area contributed by atoms with Crippen molar-refractivity contribution in [3.05, 3.63) is 131 Å². The van der Waals surface area contributed by atoms with E-state index in [1.807, 2.05) is 48.5 Å². The number of allylic oxidation sites excluding steroid dienone is 1. The summed E-state index contributed by atoms with van der Waals surface area (Å²) in [5.74, 6) is 12.1. The summed E-state index contributed by atoms with van der Waals surface area (Å²) >= 11 is 0. The van der Waals surface area contributed by atoms with Crippen molar-refractivity contribution in [2.24, 2.45) is 0 Å². The lowest BCUT2D eigenvalue weighted by atomic mass is 10.0. The van der Waals surface area contributed by atoms with Crippen molar-refractivity contribution < 1.29 is 4.39 Å². The van der Waals surface area contributed by atoms with Crippen LogP contribution in [0, 0.1) is 29.5 Å². The Morgan fingerprint density at radius 2 is 1.33 bits per heavy atom. The molecule has 0 atom stereocenters. The Kier molecular flexibility index (Phi) is 7.04. The molecule has 0 fully saturated rings. The zero-order chi connectivity index (χ0) is 23.0. The predicted molar refractivity (Wildman–Crippen MR) is 137 cm³/mol. The topological polar surface area (TPSA) is 0 Å². The van der Waals surface area contributed by atoms with E-state index in [4.69, 9.17) is 0 Å². The molecule has 0 aliphatic rings. The van der Waals surface area contributed by atoms with Gasteiger partial charge in [0.05, 0.1) is 5.56 Å². The summed E-state index contributed by atoms with van der Waals surface area (Å²) in [7, 11) is 0. The predicted octanol–water partition coefficient (Wildman–Crippen LogP) is 7.46. The maximum atomic E-state index is 15.1. The number of hydrogen-bond acceptors (Lipinski definition) is 0. The van der Waals surface area contributed by atoms with E-state index in [0.717, 1.165) is 41.3 Å². The fourth-order valence-electron chi connectivity index (χ4n) is 3.60. The van der Waals surface area contributed by atoms with Gasteiger partial charge in [0, 0.05) is 22.1 Å². The summed E-state index contributed by atoms with van der Waals surface area (Å²) in [5.41, 5.74) is 5.63. The third-order valence-corrected chi connectivity index (χ3v) is 5.60. The van der Waals surface area contributed by atoms with Crippen LogP contribution >= 0.6 is 0 Å².